The molecule has 0 bridgehead atoms. The van der Waals surface area contributed by atoms with Gasteiger partial charge in [0.2, 0.25) is 0 Å². The van der Waals surface area contributed by atoms with Crippen LogP contribution < -0.4 is 0 Å². The van der Waals surface area contributed by atoms with Crippen molar-refractivity contribution in [2.75, 3.05) is 0 Å². The molecular weight excluding hydrogens is 322 g/mol. The largest absolute Gasteiger partial charge is 0.462 e. The first kappa shape index (κ1) is 20.7. The van der Waals surface area contributed by atoms with E-state index in [1.807, 2.05) is 12.1 Å². The summed E-state index contributed by atoms with van der Waals surface area (Å²) in [4.78, 5) is 12.5. The number of ether oxygens (including phenoxy) is 1. The molecular formula is C23H35NO2. The van der Waals surface area contributed by atoms with E-state index in [-0.39, 0.29) is 18.0 Å². The fraction of sp³-hybridized carbons (Fsp3) is 0.739. The summed E-state index contributed by atoms with van der Waals surface area (Å²) in [6, 6.07) is 1.99. The molecule has 144 valence electrons. The van der Waals surface area contributed by atoms with E-state index in [9.17, 15) is 4.79 Å². The summed E-state index contributed by atoms with van der Waals surface area (Å²) in [5.74, 6) is 1.59. The Bertz CT molecular complexity index is 501. The van der Waals surface area contributed by atoms with Crippen LogP contribution in [0.25, 0.3) is 0 Å². The number of nitrogens with zero attached hydrogens (tertiary/aromatic N) is 1. The lowest BCUT2D eigenvalue weighted by Crippen LogP contribution is -2.29. The number of carbonyl (C=O) groups is 1. The highest BCUT2D eigenvalue weighted by atomic mass is 16.5. The van der Waals surface area contributed by atoms with E-state index in [0.717, 1.165) is 44.4 Å². The number of esters is 1. The summed E-state index contributed by atoms with van der Waals surface area (Å²) in [5, 5.41) is 8.47. The molecule has 0 unspecified atom stereocenters. The molecule has 0 N–H and O–H groups in total. The number of carbonyl (C=O) groups excluding carboxylic acids is 1. The molecule has 2 saturated carbocycles. The van der Waals surface area contributed by atoms with Gasteiger partial charge in [-0.25, -0.2) is 0 Å². The van der Waals surface area contributed by atoms with E-state index in [1.54, 1.807) is 6.08 Å². The third kappa shape index (κ3) is 7.36. The van der Waals surface area contributed by atoms with Gasteiger partial charge in [-0.2, -0.15) is 5.26 Å². The number of allylic oxidation sites excluding steroid dienone is 4. The molecule has 0 saturated heterocycles. The van der Waals surface area contributed by atoms with Crippen LogP contribution in [0, 0.1) is 29.1 Å². The highest BCUT2D eigenvalue weighted by Crippen LogP contribution is 2.34. The summed E-state index contributed by atoms with van der Waals surface area (Å²) in [6.45, 7) is 2.25. The van der Waals surface area contributed by atoms with Gasteiger partial charge in [0, 0.05) is 6.08 Å². The van der Waals surface area contributed by atoms with Gasteiger partial charge in [-0.3, -0.25) is 4.79 Å². The standard InChI is InChI=1S/C23H35NO2/c1-2-3-5-8-19-10-14-21(15-11-19)23(25)26-22-16-12-20(13-17-22)9-6-4-7-18-24/h4,6-7,9,19-22H,2-3,5,8,10-17H2,1H3/t19-,20-,21-,22-. The minimum atomic E-state index is 0.0629. The number of hydrogen-bond donors (Lipinski definition) is 0. The molecule has 0 aromatic heterocycles. The fourth-order valence-corrected chi connectivity index (χ4v) is 4.35. The molecule has 2 aliphatic carbocycles. The average molecular weight is 358 g/mol. The Morgan fingerprint density at radius 1 is 1.04 bits per heavy atom. The molecule has 0 spiro atoms. The first-order valence-electron chi connectivity index (χ1n) is 10.7. The summed E-state index contributed by atoms with van der Waals surface area (Å²) >= 11 is 0. The van der Waals surface area contributed by atoms with Gasteiger partial charge in [-0.15, -0.1) is 0 Å². The normalized spacial score (nSPS) is 29.7. The topological polar surface area (TPSA) is 50.1 Å². The van der Waals surface area contributed by atoms with E-state index in [4.69, 9.17) is 10.00 Å². The zero-order valence-electron chi connectivity index (χ0n) is 16.4. The third-order valence-corrected chi connectivity index (χ3v) is 6.06. The van der Waals surface area contributed by atoms with E-state index in [0.29, 0.717) is 5.92 Å². The van der Waals surface area contributed by atoms with Gasteiger partial charge in [0.05, 0.1) is 12.0 Å². The van der Waals surface area contributed by atoms with Gasteiger partial charge in [-0.05, 0) is 63.2 Å². The molecule has 0 aliphatic heterocycles. The summed E-state index contributed by atoms with van der Waals surface area (Å²) < 4.78 is 5.84. The third-order valence-electron chi connectivity index (χ3n) is 6.06. The highest BCUT2D eigenvalue weighted by Gasteiger charge is 2.30. The maximum Gasteiger partial charge on any atom is 0.309 e. The number of rotatable bonds is 8. The van der Waals surface area contributed by atoms with Crippen molar-refractivity contribution >= 4 is 5.97 Å². The van der Waals surface area contributed by atoms with Crippen LogP contribution in [0.4, 0.5) is 0 Å². The van der Waals surface area contributed by atoms with Crippen LogP contribution in [0.1, 0.15) is 84.0 Å². The minimum Gasteiger partial charge on any atom is -0.462 e. The van der Waals surface area contributed by atoms with Crippen molar-refractivity contribution in [2.24, 2.45) is 17.8 Å². The molecule has 0 aromatic carbocycles. The molecule has 2 aliphatic rings. The smallest absolute Gasteiger partial charge is 0.309 e. The van der Waals surface area contributed by atoms with Crippen LogP contribution in [-0.2, 0) is 9.53 Å². The zero-order chi connectivity index (χ0) is 18.6. The minimum absolute atomic E-state index is 0.0629. The summed E-state index contributed by atoms with van der Waals surface area (Å²) in [7, 11) is 0. The Morgan fingerprint density at radius 2 is 1.77 bits per heavy atom. The Labute approximate surface area is 159 Å². The number of unbranched alkanes of at least 4 members (excludes halogenated alkanes) is 2. The average Bonchev–Trinajstić information content (AvgIpc) is 2.67. The van der Waals surface area contributed by atoms with Gasteiger partial charge in [-0.1, -0.05) is 50.8 Å². The highest BCUT2D eigenvalue weighted by molar-refractivity contribution is 5.72. The second-order valence-electron chi connectivity index (χ2n) is 8.06. The van der Waals surface area contributed by atoms with Crippen molar-refractivity contribution < 1.29 is 9.53 Å². The van der Waals surface area contributed by atoms with Gasteiger partial charge >= 0.3 is 5.97 Å². The SMILES string of the molecule is CCCCC[C@H]1CC[C@H](C(=O)O[C@H]2CC[C@H](C=CC=CC#N)CC2)CC1. The monoisotopic (exact) mass is 357 g/mol. The van der Waals surface area contributed by atoms with Gasteiger partial charge in [0.1, 0.15) is 6.10 Å². The van der Waals surface area contributed by atoms with Crippen LogP contribution in [0.2, 0.25) is 0 Å². The number of nitriles is 1. The molecule has 2 fully saturated rings. The Morgan fingerprint density at radius 3 is 2.42 bits per heavy atom. The van der Waals surface area contributed by atoms with Gasteiger partial charge in [0.25, 0.3) is 0 Å². The van der Waals surface area contributed by atoms with Crippen molar-refractivity contribution in [2.45, 2.75) is 90.1 Å². The van der Waals surface area contributed by atoms with E-state index in [1.165, 1.54) is 44.6 Å². The molecule has 0 atom stereocenters. The Kier molecular flexibility index (Phi) is 9.53. The fourth-order valence-electron chi connectivity index (χ4n) is 4.35. The van der Waals surface area contributed by atoms with Crippen molar-refractivity contribution in [3.63, 3.8) is 0 Å². The lowest BCUT2D eigenvalue weighted by Gasteiger charge is -2.31. The Hall–Kier alpha value is -1.56. The van der Waals surface area contributed by atoms with Crippen molar-refractivity contribution in [1.82, 2.24) is 0 Å². The summed E-state index contributed by atoms with van der Waals surface area (Å²) in [5.41, 5.74) is 0. The number of hydrogen-bond acceptors (Lipinski definition) is 3. The van der Waals surface area contributed by atoms with Crippen molar-refractivity contribution in [3.8, 4) is 6.07 Å². The second-order valence-corrected chi connectivity index (χ2v) is 8.06. The van der Waals surface area contributed by atoms with Crippen LogP contribution in [0.3, 0.4) is 0 Å². The zero-order valence-corrected chi connectivity index (χ0v) is 16.4. The summed E-state index contributed by atoms with van der Waals surface area (Å²) in [6.07, 6.45) is 21.4. The molecule has 0 aromatic rings. The Balaban J connectivity index is 1.63. The van der Waals surface area contributed by atoms with Crippen LogP contribution >= 0.6 is 0 Å². The lowest BCUT2D eigenvalue weighted by atomic mass is 9.79. The predicted molar refractivity (Wildman–Crippen MR) is 105 cm³/mol. The van der Waals surface area contributed by atoms with Gasteiger partial charge < -0.3 is 4.74 Å². The molecule has 26 heavy (non-hydrogen) atoms. The maximum absolute atomic E-state index is 12.5. The van der Waals surface area contributed by atoms with Crippen molar-refractivity contribution in [1.29, 1.82) is 5.26 Å². The molecule has 3 heteroatoms. The van der Waals surface area contributed by atoms with Crippen LogP contribution in [-0.4, -0.2) is 12.1 Å². The van der Waals surface area contributed by atoms with E-state index < -0.39 is 0 Å². The molecule has 0 amide bonds. The van der Waals surface area contributed by atoms with E-state index in [2.05, 4.69) is 13.0 Å². The first-order chi connectivity index (χ1) is 12.7. The van der Waals surface area contributed by atoms with Gasteiger partial charge in [0.15, 0.2) is 0 Å². The van der Waals surface area contributed by atoms with Crippen LogP contribution in [0.15, 0.2) is 24.3 Å². The van der Waals surface area contributed by atoms with E-state index >= 15 is 0 Å². The lowest BCUT2D eigenvalue weighted by molar-refractivity contribution is -0.157. The molecule has 3 nitrogen and oxygen atoms in total. The molecule has 2 rings (SSSR count). The van der Waals surface area contributed by atoms with Crippen molar-refractivity contribution in [3.05, 3.63) is 24.3 Å². The second kappa shape index (κ2) is 11.9. The molecule has 0 radical (unpaired) electrons. The van der Waals surface area contributed by atoms with Crippen LogP contribution in [0.5, 0.6) is 0 Å². The maximum atomic E-state index is 12.5. The quantitative estimate of drug-likeness (QED) is 0.228. The molecule has 0 heterocycles. The first-order valence-corrected chi connectivity index (χ1v) is 10.7. The predicted octanol–water partition coefficient (Wildman–Crippen LogP) is 6.11.